The maximum atomic E-state index is 11.0. The van der Waals surface area contributed by atoms with Gasteiger partial charge in [-0.25, -0.2) is 4.79 Å². The van der Waals surface area contributed by atoms with Crippen LogP contribution in [0.2, 0.25) is 0 Å². The Morgan fingerprint density at radius 3 is 2.92 bits per heavy atom. The zero-order valence-electron chi connectivity index (χ0n) is 7.16. The largest absolute Gasteiger partial charge is 0.423 e. The van der Waals surface area contributed by atoms with Gasteiger partial charge in [0.1, 0.15) is 5.75 Å². The van der Waals surface area contributed by atoms with E-state index in [1.54, 1.807) is 19.1 Å². The average molecular weight is 288 g/mol. The summed E-state index contributed by atoms with van der Waals surface area (Å²) in [6.45, 7) is 1.77. The monoisotopic (exact) mass is 288 g/mol. The van der Waals surface area contributed by atoms with E-state index in [0.29, 0.717) is 5.75 Å². The lowest BCUT2D eigenvalue weighted by molar-refractivity contribution is -0.129. The molecule has 0 amide bonds. The number of hydrogen-bond donors (Lipinski definition) is 0. The number of ether oxygens (including phenoxy) is 1. The maximum Gasteiger partial charge on any atom is 0.335 e. The molecule has 0 atom stereocenters. The van der Waals surface area contributed by atoms with Gasteiger partial charge in [-0.15, -0.1) is 0 Å². The van der Waals surface area contributed by atoms with E-state index < -0.39 is 0 Å². The van der Waals surface area contributed by atoms with Gasteiger partial charge in [0, 0.05) is 9.65 Å². The summed E-state index contributed by atoms with van der Waals surface area (Å²) in [6, 6.07) is 7.35. The predicted octanol–water partition coefficient (Wildman–Crippen LogP) is 2.77. The van der Waals surface area contributed by atoms with Gasteiger partial charge in [-0.05, 0) is 47.7 Å². The number of carbonyl (C=O) groups excluding carboxylic acids is 1. The standard InChI is InChI=1S/C10H9IO2/c1-2-4-10(12)13-9-6-3-5-8(11)7-9/h2-7H,1H3/b4-2+. The smallest absolute Gasteiger partial charge is 0.335 e. The fourth-order valence-corrected chi connectivity index (χ4v) is 1.33. The summed E-state index contributed by atoms with van der Waals surface area (Å²) >= 11 is 2.16. The minimum Gasteiger partial charge on any atom is -0.423 e. The van der Waals surface area contributed by atoms with Crippen LogP contribution in [0.4, 0.5) is 0 Å². The van der Waals surface area contributed by atoms with E-state index in [-0.39, 0.29) is 5.97 Å². The van der Waals surface area contributed by atoms with Crippen LogP contribution in [-0.4, -0.2) is 5.97 Å². The van der Waals surface area contributed by atoms with Crippen molar-refractivity contribution in [3.05, 3.63) is 40.0 Å². The molecule has 68 valence electrons. The zero-order chi connectivity index (χ0) is 9.68. The highest BCUT2D eigenvalue weighted by Crippen LogP contribution is 2.14. The van der Waals surface area contributed by atoms with Crippen molar-refractivity contribution in [2.45, 2.75) is 6.92 Å². The summed E-state index contributed by atoms with van der Waals surface area (Å²) in [6.07, 6.45) is 3.04. The second-order valence-corrected chi connectivity index (χ2v) is 3.62. The molecule has 0 aliphatic rings. The Morgan fingerprint density at radius 1 is 1.54 bits per heavy atom. The topological polar surface area (TPSA) is 26.3 Å². The normalized spacial score (nSPS) is 10.3. The van der Waals surface area contributed by atoms with Crippen molar-refractivity contribution in [2.75, 3.05) is 0 Å². The minimum absolute atomic E-state index is 0.343. The van der Waals surface area contributed by atoms with E-state index in [1.165, 1.54) is 6.08 Å². The highest BCUT2D eigenvalue weighted by atomic mass is 127. The van der Waals surface area contributed by atoms with Crippen LogP contribution in [0, 0.1) is 3.57 Å². The van der Waals surface area contributed by atoms with Gasteiger partial charge in [0.15, 0.2) is 0 Å². The van der Waals surface area contributed by atoms with E-state index in [1.807, 2.05) is 18.2 Å². The van der Waals surface area contributed by atoms with E-state index >= 15 is 0 Å². The van der Waals surface area contributed by atoms with E-state index in [0.717, 1.165) is 3.57 Å². The van der Waals surface area contributed by atoms with E-state index in [4.69, 9.17) is 4.74 Å². The molecule has 2 nitrogen and oxygen atoms in total. The highest BCUT2D eigenvalue weighted by Gasteiger charge is 1.99. The van der Waals surface area contributed by atoms with Crippen molar-refractivity contribution in [1.82, 2.24) is 0 Å². The molecule has 0 aliphatic carbocycles. The molecule has 0 spiro atoms. The van der Waals surface area contributed by atoms with Crippen LogP contribution in [-0.2, 0) is 4.79 Å². The molecular formula is C10H9IO2. The molecule has 0 aliphatic heterocycles. The van der Waals surface area contributed by atoms with Crippen LogP contribution in [0.25, 0.3) is 0 Å². The molecule has 0 saturated carbocycles. The number of allylic oxidation sites excluding steroid dienone is 1. The number of carbonyl (C=O) groups is 1. The number of esters is 1. The fourth-order valence-electron chi connectivity index (χ4n) is 0.817. The fraction of sp³-hybridized carbons (Fsp3) is 0.100. The summed E-state index contributed by atoms with van der Waals surface area (Å²) < 4.78 is 6.05. The second-order valence-electron chi connectivity index (χ2n) is 2.38. The maximum absolute atomic E-state index is 11.0. The van der Waals surface area contributed by atoms with Crippen LogP contribution in [0.15, 0.2) is 36.4 Å². The molecule has 3 heteroatoms. The SMILES string of the molecule is C/C=C/C(=O)Oc1cccc(I)c1. The Morgan fingerprint density at radius 2 is 2.31 bits per heavy atom. The molecule has 0 bridgehead atoms. The second kappa shape index (κ2) is 5.01. The van der Waals surface area contributed by atoms with Crippen molar-refractivity contribution in [3.8, 4) is 5.75 Å². The number of hydrogen-bond acceptors (Lipinski definition) is 2. The van der Waals surface area contributed by atoms with Gasteiger partial charge < -0.3 is 4.74 Å². The quantitative estimate of drug-likeness (QED) is 0.362. The number of rotatable bonds is 2. The van der Waals surface area contributed by atoms with Gasteiger partial charge in [0.2, 0.25) is 0 Å². The van der Waals surface area contributed by atoms with E-state index in [9.17, 15) is 4.79 Å². The van der Waals surface area contributed by atoms with Crippen molar-refractivity contribution >= 4 is 28.6 Å². The first-order chi connectivity index (χ1) is 6.22. The van der Waals surface area contributed by atoms with Crippen molar-refractivity contribution < 1.29 is 9.53 Å². The van der Waals surface area contributed by atoms with Crippen molar-refractivity contribution in [2.24, 2.45) is 0 Å². The van der Waals surface area contributed by atoms with Crippen LogP contribution in [0.3, 0.4) is 0 Å². The van der Waals surface area contributed by atoms with Gasteiger partial charge in [-0.2, -0.15) is 0 Å². The van der Waals surface area contributed by atoms with Gasteiger partial charge in [0.25, 0.3) is 0 Å². The predicted molar refractivity (Wildman–Crippen MR) is 59.6 cm³/mol. The van der Waals surface area contributed by atoms with Crippen molar-refractivity contribution in [1.29, 1.82) is 0 Å². The molecular weight excluding hydrogens is 279 g/mol. The molecule has 0 unspecified atom stereocenters. The first-order valence-electron chi connectivity index (χ1n) is 3.82. The van der Waals surface area contributed by atoms with Crippen LogP contribution < -0.4 is 4.74 Å². The molecule has 13 heavy (non-hydrogen) atoms. The number of halogens is 1. The lowest BCUT2D eigenvalue weighted by Crippen LogP contribution is -2.03. The van der Waals surface area contributed by atoms with Crippen LogP contribution in [0.5, 0.6) is 5.75 Å². The Kier molecular flexibility index (Phi) is 3.95. The van der Waals surface area contributed by atoms with E-state index in [2.05, 4.69) is 22.6 Å². The third kappa shape index (κ3) is 3.59. The summed E-state index contributed by atoms with van der Waals surface area (Å²) in [5.41, 5.74) is 0. The lowest BCUT2D eigenvalue weighted by atomic mass is 10.3. The molecule has 0 aromatic heterocycles. The Hall–Kier alpha value is -0.840. The third-order valence-electron chi connectivity index (χ3n) is 1.32. The van der Waals surface area contributed by atoms with Gasteiger partial charge in [-0.3, -0.25) is 0 Å². The Bertz CT molecular complexity index is 331. The minimum atomic E-state index is -0.343. The molecule has 1 aromatic rings. The molecule has 0 radical (unpaired) electrons. The van der Waals surface area contributed by atoms with Crippen LogP contribution in [0.1, 0.15) is 6.92 Å². The summed E-state index contributed by atoms with van der Waals surface area (Å²) in [7, 11) is 0. The first kappa shape index (κ1) is 10.2. The van der Waals surface area contributed by atoms with Crippen LogP contribution >= 0.6 is 22.6 Å². The molecule has 0 heterocycles. The number of benzene rings is 1. The molecule has 0 N–H and O–H groups in total. The van der Waals surface area contributed by atoms with Gasteiger partial charge in [0.05, 0.1) is 0 Å². The summed E-state index contributed by atoms with van der Waals surface area (Å²) in [5, 5.41) is 0. The molecule has 1 aromatic carbocycles. The summed E-state index contributed by atoms with van der Waals surface area (Å²) in [5.74, 6) is 0.236. The lowest BCUT2D eigenvalue weighted by Gasteiger charge is -2.00. The molecule has 1 rings (SSSR count). The molecule has 0 fully saturated rings. The third-order valence-corrected chi connectivity index (χ3v) is 1.99. The van der Waals surface area contributed by atoms with Crippen molar-refractivity contribution in [3.63, 3.8) is 0 Å². The first-order valence-corrected chi connectivity index (χ1v) is 4.90. The Labute approximate surface area is 90.7 Å². The zero-order valence-corrected chi connectivity index (χ0v) is 9.32. The summed E-state index contributed by atoms with van der Waals surface area (Å²) in [4.78, 5) is 11.0. The van der Waals surface area contributed by atoms with Gasteiger partial charge in [-0.1, -0.05) is 12.1 Å². The Balaban J connectivity index is 2.69. The highest BCUT2D eigenvalue weighted by molar-refractivity contribution is 14.1. The average Bonchev–Trinajstić information content (AvgIpc) is 2.04. The van der Waals surface area contributed by atoms with Gasteiger partial charge >= 0.3 is 5.97 Å². The molecule has 0 saturated heterocycles.